The molecule has 25 heavy (non-hydrogen) atoms. The molecule has 0 aromatic heterocycles. The molecule has 0 saturated heterocycles. The van der Waals surface area contributed by atoms with Crippen LogP contribution in [0.25, 0.3) is 0 Å². The Labute approximate surface area is 152 Å². The molecule has 0 amide bonds. The molecule has 0 atom stereocenters. The molecule has 0 aliphatic heterocycles. The summed E-state index contributed by atoms with van der Waals surface area (Å²) < 4.78 is 5.74. The Kier molecular flexibility index (Phi) is 5.56. The quantitative estimate of drug-likeness (QED) is 0.345. The second kappa shape index (κ2) is 8.04. The summed E-state index contributed by atoms with van der Waals surface area (Å²) in [6.45, 7) is 2.09. The average Bonchev–Trinajstić information content (AvgIpc) is 2.66. The van der Waals surface area contributed by atoms with E-state index in [2.05, 4.69) is 25.3 Å². The van der Waals surface area contributed by atoms with E-state index in [1.807, 2.05) is 48.5 Å². The van der Waals surface area contributed by atoms with Gasteiger partial charge in [-0.3, -0.25) is 0 Å². The van der Waals surface area contributed by atoms with Gasteiger partial charge in [0.2, 0.25) is 0 Å². The fourth-order valence-corrected chi connectivity index (χ4v) is 3.41. The van der Waals surface area contributed by atoms with Crippen molar-refractivity contribution in [1.29, 1.82) is 0 Å². The van der Waals surface area contributed by atoms with Gasteiger partial charge in [-0.1, -0.05) is 48.5 Å². The SMILES string of the molecule is CSc1ccc(OC(=O)c2ccccc2)c(Cc2ccccc2)c1C. The van der Waals surface area contributed by atoms with E-state index in [9.17, 15) is 4.79 Å². The molecule has 0 fully saturated rings. The topological polar surface area (TPSA) is 26.3 Å². The van der Waals surface area contributed by atoms with Crippen molar-refractivity contribution in [3.63, 3.8) is 0 Å². The van der Waals surface area contributed by atoms with E-state index >= 15 is 0 Å². The van der Waals surface area contributed by atoms with Crippen LogP contribution in [0.3, 0.4) is 0 Å². The molecule has 0 bridgehead atoms. The third-order valence-electron chi connectivity index (χ3n) is 4.16. The molecule has 3 rings (SSSR count). The maximum atomic E-state index is 12.5. The van der Waals surface area contributed by atoms with Gasteiger partial charge in [-0.25, -0.2) is 4.79 Å². The Bertz CT molecular complexity index is 858. The number of ether oxygens (including phenoxy) is 1. The molecular formula is C22H20O2S. The highest BCUT2D eigenvalue weighted by Gasteiger charge is 2.15. The van der Waals surface area contributed by atoms with Gasteiger partial charge in [0.25, 0.3) is 0 Å². The predicted molar refractivity (Wildman–Crippen MR) is 104 cm³/mol. The Morgan fingerprint density at radius 2 is 1.56 bits per heavy atom. The monoisotopic (exact) mass is 348 g/mol. The molecule has 0 aliphatic carbocycles. The summed E-state index contributed by atoms with van der Waals surface area (Å²) in [6.07, 6.45) is 2.79. The number of hydrogen-bond acceptors (Lipinski definition) is 3. The van der Waals surface area contributed by atoms with Crippen LogP contribution in [0.2, 0.25) is 0 Å². The van der Waals surface area contributed by atoms with E-state index in [4.69, 9.17) is 4.74 Å². The van der Waals surface area contributed by atoms with Crippen LogP contribution in [0.4, 0.5) is 0 Å². The highest BCUT2D eigenvalue weighted by molar-refractivity contribution is 7.98. The summed E-state index contributed by atoms with van der Waals surface area (Å²) >= 11 is 1.70. The van der Waals surface area contributed by atoms with E-state index in [1.165, 1.54) is 10.5 Å². The van der Waals surface area contributed by atoms with Crippen molar-refractivity contribution in [2.45, 2.75) is 18.2 Å². The summed E-state index contributed by atoms with van der Waals surface area (Å²) in [5.74, 6) is 0.305. The summed E-state index contributed by atoms with van der Waals surface area (Å²) in [6, 6.07) is 23.2. The van der Waals surface area contributed by atoms with Crippen molar-refractivity contribution in [2.24, 2.45) is 0 Å². The smallest absolute Gasteiger partial charge is 0.343 e. The lowest BCUT2D eigenvalue weighted by Crippen LogP contribution is -2.10. The van der Waals surface area contributed by atoms with Crippen molar-refractivity contribution >= 4 is 17.7 Å². The molecule has 0 N–H and O–H groups in total. The molecule has 0 aliphatic rings. The molecule has 0 unspecified atom stereocenters. The van der Waals surface area contributed by atoms with Gasteiger partial charge in [0.1, 0.15) is 5.75 Å². The van der Waals surface area contributed by atoms with Gasteiger partial charge in [0, 0.05) is 16.9 Å². The van der Waals surface area contributed by atoms with Gasteiger partial charge < -0.3 is 4.74 Å². The zero-order valence-electron chi connectivity index (χ0n) is 14.4. The van der Waals surface area contributed by atoms with Crippen molar-refractivity contribution < 1.29 is 9.53 Å². The van der Waals surface area contributed by atoms with Crippen LogP contribution in [0.15, 0.2) is 77.7 Å². The maximum absolute atomic E-state index is 12.5. The lowest BCUT2D eigenvalue weighted by atomic mass is 9.99. The van der Waals surface area contributed by atoms with Gasteiger partial charge in [-0.2, -0.15) is 0 Å². The number of rotatable bonds is 5. The fraction of sp³-hybridized carbons (Fsp3) is 0.136. The highest BCUT2D eigenvalue weighted by atomic mass is 32.2. The van der Waals surface area contributed by atoms with E-state index in [0.717, 1.165) is 17.5 Å². The molecule has 0 spiro atoms. The molecular weight excluding hydrogens is 328 g/mol. The predicted octanol–water partition coefficient (Wildman–Crippen LogP) is 5.53. The minimum absolute atomic E-state index is 0.328. The molecule has 3 aromatic rings. The Morgan fingerprint density at radius 3 is 2.20 bits per heavy atom. The highest BCUT2D eigenvalue weighted by Crippen LogP contribution is 2.32. The summed E-state index contributed by atoms with van der Waals surface area (Å²) in [5, 5.41) is 0. The minimum atomic E-state index is -0.328. The van der Waals surface area contributed by atoms with Crippen molar-refractivity contribution in [3.05, 3.63) is 95.1 Å². The maximum Gasteiger partial charge on any atom is 0.343 e. The van der Waals surface area contributed by atoms with Gasteiger partial charge in [0.15, 0.2) is 0 Å². The Hall–Kier alpha value is -2.52. The van der Waals surface area contributed by atoms with E-state index in [0.29, 0.717) is 11.3 Å². The lowest BCUT2D eigenvalue weighted by molar-refractivity contribution is 0.0733. The van der Waals surface area contributed by atoms with Crippen molar-refractivity contribution in [1.82, 2.24) is 0 Å². The average molecular weight is 348 g/mol. The van der Waals surface area contributed by atoms with E-state index < -0.39 is 0 Å². The first-order valence-corrected chi connectivity index (χ1v) is 9.39. The number of carbonyl (C=O) groups is 1. The fourth-order valence-electron chi connectivity index (χ4n) is 2.78. The van der Waals surface area contributed by atoms with Gasteiger partial charge in [0.05, 0.1) is 5.56 Å². The standard InChI is InChI=1S/C22H20O2S/c1-16-19(15-17-9-5-3-6-10-17)20(13-14-21(16)25-2)24-22(23)18-11-7-4-8-12-18/h3-14H,15H2,1-2H3. The minimum Gasteiger partial charge on any atom is -0.423 e. The van der Waals surface area contributed by atoms with Crippen LogP contribution < -0.4 is 4.74 Å². The molecule has 0 radical (unpaired) electrons. The van der Waals surface area contributed by atoms with Gasteiger partial charge in [-0.05, 0) is 48.6 Å². The van der Waals surface area contributed by atoms with Crippen LogP contribution in [0.5, 0.6) is 5.75 Å². The zero-order valence-corrected chi connectivity index (χ0v) is 15.2. The number of carbonyl (C=O) groups excluding carboxylic acids is 1. The molecule has 2 nitrogen and oxygen atoms in total. The Balaban J connectivity index is 1.95. The Morgan fingerprint density at radius 1 is 0.920 bits per heavy atom. The van der Waals surface area contributed by atoms with Crippen LogP contribution in [-0.4, -0.2) is 12.2 Å². The summed E-state index contributed by atoms with van der Waals surface area (Å²) in [4.78, 5) is 13.7. The molecule has 3 aromatic carbocycles. The van der Waals surface area contributed by atoms with Gasteiger partial charge in [-0.15, -0.1) is 11.8 Å². The molecule has 3 heteroatoms. The third kappa shape index (κ3) is 4.12. The number of hydrogen-bond donors (Lipinski definition) is 0. The second-order valence-electron chi connectivity index (χ2n) is 5.79. The van der Waals surface area contributed by atoms with Crippen LogP contribution in [0.1, 0.15) is 27.0 Å². The number of esters is 1. The number of thioether (sulfide) groups is 1. The second-order valence-corrected chi connectivity index (χ2v) is 6.64. The van der Waals surface area contributed by atoms with Crippen LogP contribution in [0, 0.1) is 6.92 Å². The lowest BCUT2D eigenvalue weighted by Gasteiger charge is -2.15. The molecule has 0 saturated carbocycles. The number of benzene rings is 3. The molecule has 126 valence electrons. The van der Waals surface area contributed by atoms with Gasteiger partial charge >= 0.3 is 5.97 Å². The molecule has 0 heterocycles. The van der Waals surface area contributed by atoms with E-state index in [1.54, 1.807) is 23.9 Å². The largest absolute Gasteiger partial charge is 0.423 e. The van der Waals surface area contributed by atoms with Crippen LogP contribution in [-0.2, 0) is 6.42 Å². The summed E-state index contributed by atoms with van der Waals surface area (Å²) in [7, 11) is 0. The first-order valence-electron chi connectivity index (χ1n) is 8.16. The third-order valence-corrected chi connectivity index (χ3v) is 5.04. The summed E-state index contributed by atoms with van der Waals surface area (Å²) in [5.41, 5.74) is 3.97. The first-order chi connectivity index (χ1) is 12.2. The van der Waals surface area contributed by atoms with Crippen molar-refractivity contribution in [2.75, 3.05) is 6.26 Å². The van der Waals surface area contributed by atoms with Crippen molar-refractivity contribution in [3.8, 4) is 5.75 Å². The normalized spacial score (nSPS) is 10.5. The van der Waals surface area contributed by atoms with E-state index in [-0.39, 0.29) is 5.97 Å². The first kappa shape index (κ1) is 17.3. The van der Waals surface area contributed by atoms with Crippen LogP contribution >= 0.6 is 11.8 Å². The zero-order chi connectivity index (χ0) is 17.6.